The van der Waals surface area contributed by atoms with Crippen molar-refractivity contribution in [1.29, 1.82) is 0 Å². The first-order chi connectivity index (χ1) is 16.4. The topological polar surface area (TPSA) is 79.7 Å². The molecule has 1 fully saturated rings. The third kappa shape index (κ3) is 3.87. The molecule has 1 aliphatic rings. The minimum absolute atomic E-state index is 0.00789. The smallest absolute Gasteiger partial charge is 0.301 e. The molecule has 0 spiro atoms. The normalized spacial score (nSPS) is 17.5. The van der Waals surface area contributed by atoms with Crippen molar-refractivity contribution in [3.8, 4) is 5.75 Å². The van der Waals surface area contributed by atoms with Gasteiger partial charge in [0.1, 0.15) is 11.5 Å². The number of hydrogen-bond acceptors (Lipinski definition) is 6. The first-order valence-corrected chi connectivity index (χ1v) is 12.1. The van der Waals surface area contributed by atoms with Crippen LogP contribution in [0, 0.1) is 0 Å². The Morgan fingerprint density at radius 1 is 1.09 bits per heavy atom. The molecule has 0 aliphatic carbocycles. The van der Waals surface area contributed by atoms with Crippen molar-refractivity contribution in [3.05, 3.63) is 92.9 Å². The van der Waals surface area contributed by atoms with Gasteiger partial charge >= 0.3 is 5.91 Å². The lowest BCUT2D eigenvalue weighted by atomic mass is 9.95. The van der Waals surface area contributed by atoms with E-state index in [2.05, 4.69) is 20.9 Å². The number of ether oxygens (including phenoxy) is 1. The molecule has 9 heteroatoms. The number of fused-ring (bicyclic) bond motifs is 1. The van der Waals surface area contributed by atoms with Crippen LogP contribution in [0.2, 0.25) is 5.02 Å². The molecule has 170 valence electrons. The Kier molecular flexibility index (Phi) is 5.89. The van der Waals surface area contributed by atoms with Crippen LogP contribution in [0.3, 0.4) is 0 Å². The summed E-state index contributed by atoms with van der Waals surface area (Å²) in [6, 6.07) is 18.2. The fraction of sp³-hybridized carbons (Fsp3) is 0.0800. The summed E-state index contributed by atoms with van der Waals surface area (Å²) in [7, 11) is 1.58. The Bertz CT molecular complexity index is 1460. The highest BCUT2D eigenvalue weighted by Crippen LogP contribution is 2.44. The molecule has 1 aromatic heterocycles. The van der Waals surface area contributed by atoms with Crippen molar-refractivity contribution >= 4 is 71.7 Å². The minimum atomic E-state index is -0.855. The molecule has 5 rings (SSSR count). The molecule has 0 saturated carbocycles. The lowest BCUT2D eigenvalue weighted by molar-refractivity contribution is -0.132. The number of amides is 1. The second-order valence-electron chi connectivity index (χ2n) is 7.56. The maximum Gasteiger partial charge on any atom is 0.301 e. The number of halogens is 2. The highest BCUT2D eigenvalue weighted by Gasteiger charge is 2.48. The number of thiazole rings is 1. The summed E-state index contributed by atoms with van der Waals surface area (Å²) in [5.74, 6) is -1.14. The Morgan fingerprint density at radius 3 is 2.47 bits per heavy atom. The molecule has 2 heterocycles. The van der Waals surface area contributed by atoms with Crippen LogP contribution >= 0.6 is 38.9 Å². The standard InChI is InChI=1S/C25H16BrClN2O4S/c1-33-17-10-11-18-19(12-17)34-25(28-18)29-21(13-2-6-15(26)7-3-13)20(23(31)24(29)32)22(30)14-4-8-16(27)9-5-14/h2-12,21,30H,1H3/b22-20+/t21-/m1/s1. The maximum atomic E-state index is 13.3. The minimum Gasteiger partial charge on any atom is -0.507 e. The first-order valence-electron chi connectivity index (χ1n) is 10.1. The third-order valence-corrected chi connectivity index (χ3v) is 7.34. The van der Waals surface area contributed by atoms with E-state index in [9.17, 15) is 14.7 Å². The van der Waals surface area contributed by atoms with Gasteiger partial charge in [0.2, 0.25) is 0 Å². The second kappa shape index (κ2) is 8.87. The fourth-order valence-corrected chi connectivity index (χ4v) is 5.29. The van der Waals surface area contributed by atoms with Crippen molar-refractivity contribution in [2.75, 3.05) is 12.0 Å². The molecule has 6 nitrogen and oxygen atoms in total. The monoisotopic (exact) mass is 554 g/mol. The molecule has 4 aromatic rings. The molecule has 1 atom stereocenters. The molecular formula is C25H16BrClN2O4S. The summed E-state index contributed by atoms with van der Waals surface area (Å²) < 4.78 is 6.95. The number of carbonyl (C=O) groups is 2. The van der Waals surface area contributed by atoms with Gasteiger partial charge in [0.05, 0.1) is 28.9 Å². The van der Waals surface area contributed by atoms with Crippen molar-refractivity contribution in [2.45, 2.75) is 6.04 Å². The van der Waals surface area contributed by atoms with Crippen LogP contribution < -0.4 is 9.64 Å². The number of rotatable bonds is 4. The van der Waals surface area contributed by atoms with Gasteiger partial charge in [-0.05, 0) is 60.2 Å². The molecule has 0 bridgehead atoms. The summed E-state index contributed by atoms with van der Waals surface area (Å²) in [5, 5.41) is 12.0. The van der Waals surface area contributed by atoms with Gasteiger partial charge in [-0.15, -0.1) is 0 Å². The molecule has 1 amide bonds. The average Bonchev–Trinajstić information content (AvgIpc) is 3.37. The van der Waals surface area contributed by atoms with Crippen LogP contribution in [-0.2, 0) is 9.59 Å². The first kappa shape index (κ1) is 22.6. The number of methoxy groups -OCH3 is 1. The van der Waals surface area contributed by atoms with Crippen LogP contribution in [0.1, 0.15) is 17.2 Å². The highest BCUT2D eigenvalue weighted by molar-refractivity contribution is 9.10. The summed E-state index contributed by atoms with van der Waals surface area (Å²) in [4.78, 5) is 32.5. The predicted molar refractivity (Wildman–Crippen MR) is 137 cm³/mol. The number of ketones is 1. The number of hydrogen-bond donors (Lipinski definition) is 1. The largest absolute Gasteiger partial charge is 0.507 e. The van der Waals surface area contributed by atoms with E-state index >= 15 is 0 Å². The lowest BCUT2D eigenvalue weighted by Crippen LogP contribution is -2.29. The second-order valence-corrected chi connectivity index (χ2v) is 9.92. The zero-order valence-corrected chi connectivity index (χ0v) is 20.8. The van der Waals surface area contributed by atoms with Gasteiger partial charge in [0.15, 0.2) is 5.13 Å². The fourth-order valence-electron chi connectivity index (χ4n) is 3.88. The number of aliphatic hydroxyl groups excluding tert-OH is 1. The van der Waals surface area contributed by atoms with Crippen LogP contribution in [0.4, 0.5) is 5.13 Å². The molecule has 1 aliphatic heterocycles. The van der Waals surface area contributed by atoms with Gasteiger partial charge in [0.25, 0.3) is 5.78 Å². The highest BCUT2D eigenvalue weighted by atomic mass is 79.9. The summed E-state index contributed by atoms with van der Waals surface area (Å²) in [6.07, 6.45) is 0. The number of anilines is 1. The van der Waals surface area contributed by atoms with Crippen LogP contribution in [0.25, 0.3) is 16.0 Å². The zero-order valence-electron chi connectivity index (χ0n) is 17.7. The summed E-state index contributed by atoms with van der Waals surface area (Å²) >= 11 is 10.7. The van der Waals surface area contributed by atoms with Gasteiger partial charge in [0, 0.05) is 15.1 Å². The predicted octanol–water partition coefficient (Wildman–Crippen LogP) is 6.35. The van der Waals surface area contributed by atoms with Gasteiger partial charge in [-0.2, -0.15) is 0 Å². The Morgan fingerprint density at radius 2 is 1.79 bits per heavy atom. The van der Waals surface area contributed by atoms with Crippen LogP contribution in [-0.4, -0.2) is 28.9 Å². The van der Waals surface area contributed by atoms with E-state index in [1.807, 2.05) is 18.2 Å². The van der Waals surface area contributed by atoms with Crippen molar-refractivity contribution in [1.82, 2.24) is 4.98 Å². The number of nitrogens with zero attached hydrogens (tertiary/aromatic N) is 2. The number of aromatic nitrogens is 1. The molecule has 1 saturated heterocycles. The van der Waals surface area contributed by atoms with Crippen molar-refractivity contribution in [2.24, 2.45) is 0 Å². The van der Waals surface area contributed by atoms with E-state index in [0.29, 0.717) is 32.5 Å². The zero-order chi connectivity index (χ0) is 24.0. The summed E-state index contributed by atoms with van der Waals surface area (Å²) in [5.41, 5.74) is 1.72. The lowest BCUT2D eigenvalue weighted by Gasteiger charge is -2.23. The van der Waals surface area contributed by atoms with E-state index in [-0.39, 0.29) is 11.3 Å². The molecular weight excluding hydrogens is 540 g/mol. The van der Waals surface area contributed by atoms with E-state index in [1.165, 1.54) is 16.2 Å². The number of aliphatic hydroxyl groups is 1. The molecule has 34 heavy (non-hydrogen) atoms. The van der Waals surface area contributed by atoms with E-state index in [4.69, 9.17) is 16.3 Å². The number of Topliss-reactive ketones (excluding diaryl/α,β-unsaturated/α-hetero) is 1. The van der Waals surface area contributed by atoms with Gasteiger partial charge in [-0.1, -0.05) is 51.0 Å². The molecule has 0 radical (unpaired) electrons. The Labute approximate surface area is 212 Å². The molecule has 1 N–H and O–H groups in total. The van der Waals surface area contributed by atoms with Gasteiger partial charge in [-0.25, -0.2) is 4.98 Å². The summed E-state index contributed by atoms with van der Waals surface area (Å²) in [6.45, 7) is 0. The van der Waals surface area contributed by atoms with Gasteiger partial charge in [-0.3, -0.25) is 14.5 Å². The Balaban J connectivity index is 1.71. The van der Waals surface area contributed by atoms with E-state index in [0.717, 1.165) is 9.17 Å². The van der Waals surface area contributed by atoms with Gasteiger partial charge < -0.3 is 9.84 Å². The van der Waals surface area contributed by atoms with Crippen LogP contribution in [0.15, 0.2) is 76.8 Å². The Hall–Kier alpha value is -3.20. The molecule has 3 aromatic carbocycles. The SMILES string of the molecule is COc1ccc2nc(N3C(=O)C(=O)/C(=C(/O)c4ccc(Cl)cc4)[C@H]3c3ccc(Br)cc3)sc2c1. The van der Waals surface area contributed by atoms with Crippen molar-refractivity contribution < 1.29 is 19.4 Å². The third-order valence-electron chi connectivity index (χ3n) is 5.54. The van der Waals surface area contributed by atoms with Crippen LogP contribution in [0.5, 0.6) is 5.75 Å². The maximum absolute atomic E-state index is 13.3. The quantitative estimate of drug-likeness (QED) is 0.180. The van der Waals surface area contributed by atoms with Crippen molar-refractivity contribution in [3.63, 3.8) is 0 Å². The number of benzene rings is 3. The van der Waals surface area contributed by atoms with E-state index < -0.39 is 17.7 Å². The number of carbonyl (C=O) groups excluding carboxylic acids is 2. The van der Waals surface area contributed by atoms with E-state index in [1.54, 1.807) is 55.6 Å². The molecule has 0 unspecified atom stereocenters. The average molecular weight is 556 g/mol.